The maximum absolute atomic E-state index is 12.0. The predicted octanol–water partition coefficient (Wildman–Crippen LogP) is 0.00640. The topological polar surface area (TPSA) is 104 Å². The van der Waals surface area contributed by atoms with Gasteiger partial charge in [0.25, 0.3) is 0 Å². The standard InChI is InChI=1S/C20H29N5O4/c1-15(2)21-18(27)14-24-10-8-23(9-11-24)12-17(26)13-25-19(22-29-20(25)28)16-6-4-3-5-7-16/h3-7,15,17,26H,8-14H2,1-2H3,(H,21,27). The largest absolute Gasteiger partial charge is 0.441 e. The van der Waals surface area contributed by atoms with Crippen LogP contribution >= 0.6 is 0 Å². The summed E-state index contributed by atoms with van der Waals surface area (Å²) in [6, 6.07) is 9.42. The number of aromatic nitrogens is 2. The number of aliphatic hydroxyl groups excluding tert-OH is 1. The third-order valence-electron chi connectivity index (χ3n) is 4.86. The number of nitrogens with one attached hydrogen (secondary N) is 1. The molecule has 1 fully saturated rings. The molecule has 2 heterocycles. The molecule has 1 aromatic heterocycles. The van der Waals surface area contributed by atoms with Gasteiger partial charge in [0.15, 0.2) is 5.82 Å². The van der Waals surface area contributed by atoms with Gasteiger partial charge in [0.1, 0.15) is 0 Å². The zero-order chi connectivity index (χ0) is 20.8. The van der Waals surface area contributed by atoms with E-state index in [1.165, 1.54) is 4.57 Å². The smallest absolute Gasteiger partial charge is 0.390 e. The average Bonchev–Trinajstić information content (AvgIpc) is 3.04. The van der Waals surface area contributed by atoms with E-state index in [0.29, 0.717) is 18.9 Å². The van der Waals surface area contributed by atoms with Crippen LogP contribution in [0, 0.1) is 0 Å². The van der Waals surface area contributed by atoms with Crippen LogP contribution in [0.5, 0.6) is 0 Å². The molecule has 9 nitrogen and oxygen atoms in total. The predicted molar refractivity (Wildman–Crippen MR) is 108 cm³/mol. The second-order valence-electron chi connectivity index (χ2n) is 7.70. The van der Waals surface area contributed by atoms with Crippen molar-refractivity contribution < 1.29 is 14.4 Å². The molecule has 3 rings (SSSR count). The lowest BCUT2D eigenvalue weighted by molar-refractivity contribution is -0.123. The summed E-state index contributed by atoms with van der Waals surface area (Å²) in [6.45, 7) is 7.89. The van der Waals surface area contributed by atoms with Gasteiger partial charge in [-0.05, 0) is 13.8 Å². The van der Waals surface area contributed by atoms with Gasteiger partial charge in [-0.1, -0.05) is 35.5 Å². The summed E-state index contributed by atoms with van der Waals surface area (Å²) in [6.07, 6.45) is -0.731. The second kappa shape index (κ2) is 9.82. The Hall–Kier alpha value is -2.49. The zero-order valence-corrected chi connectivity index (χ0v) is 17.0. The van der Waals surface area contributed by atoms with Crippen LogP contribution in [0.25, 0.3) is 11.4 Å². The molecular formula is C20H29N5O4. The van der Waals surface area contributed by atoms with E-state index < -0.39 is 11.9 Å². The Morgan fingerprint density at radius 3 is 2.45 bits per heavy atom. The van der Waals surface area contributed by atoms with E-state index >= 15 is 0 Å². The SMILES string of the molecule is CC(C)NC(=O)CN1CCN(CC(O)Cn2c(-c3ccccc3)noc2=O)CC1. The lowest BCUT2D eigenvalue weighted by Gasteiger charge is -2.35. The number of benzene rings is 1. The van der Waals surface area contributed by atoms with Gasteiger partial charge in [-0.3, -0.25) is 23.7 Å². The molecule has 1 saturated heterocycles. The Bertz CT molecular complexity index is 840. The fraction of sp³-hybridized carbons (Fsp3) is 0.550. The molecule has 1 unspecified atom stereocenters. The van der Waals surface area contributed by atoms with Gasteiger partial charge < -0.3 is 10.4 Å². The van der Waals surface area contributed by atoms with Gasteiger partial charge >= 0.3 is 5.76 Å². The minimum absolute atomic E-state index is 0.0359. The molecule has 0 saturated carbocycles. The van der Waals surface area contributed by atoms with E-state index in [9.17, 15) is 14.7 Å². The van der Waals surface area contributed by atoms with Gasteiger partial charge in [0.05, 0.1) is 19.2 Å². The summed E-state index contributed by atoms with van der Waals surface area (Å²) in [4.78, 5) is 28.2. The van der Waals surface area contributed by atoms with Crippen molar-refractivity contribution in [2.75, 3.05) is 39.3 Å². The molecule has 2 aromatic rings. The number of piperazine rings is 1. The number of β-amino-alcohol motifs (C(OH)–C–C–N with tert-alkyl or cyclic N) is 1. The lowest BCUT2D eigenvalue weighted by Crippen LogP contribution is -2.51. The van der Waals surface area contributed by atoms with Gasteiger partial charge in [-0.25, -0.2) is 4.79 Å². The number of carbonyl (C=O) groups excluding carboxylic acids is 1. The first-order valence-corrected chi connectivity index (χ1v) is 9.96. The van der Waals surface area contributed by atoms with Crippen LogP contribution in [0.1, 0.15) is 13.8 Å². The quantitative estimate of drug-likeness (QED) is 0.640. The Kier molecular flexibility index (Phi) is 7.18. The molecule has 9 heteroatoms. The van der Waals surface area contributed by atoms with Crippen molar-refractivity contribution in [3.63, 3.8) is 0 Å². The lowest BCUT2D eigenvalue weighted by atomic mass is 10.2. The first-order chi connectivity index (χ1) is 13.9. The fourth-order valence-corrected chi connectivity index (χ4v) is 3.49. The Morgan fingerprint density at radius 2 is 1.79 bits per heavy atom. The summed E-state index contributed by atoms with van der Waals surface area (Å²) in [5, 5.41) is 17.3. The van der Waals surface area contributed by atoms with Crippen LogP contribution in [0.4, 0.5) is 0 Å². The fourth-order valence-electron chi connectivity index (χ4n) is 3.49. The highest BCUT2D eigenvalue weighted by molar-refractivity contribution is 5.78. The summed E-state index contributed by atoms with van der Waals surface area (Å²) >= 11 is 0. The maximum atomic E-state index is 12.0. The first-order valence-electron chi connectivity index (χ1n) is 9.96. The Balaban J connectivity index is 1.50. The third kappa shape index (κ3) is 5.99. The highest BCUT2D eigenvalue weighted by Crippen LogP contribution is 2.15. The monoisotopic (exact) mass is 403 g/mol. The molecular weight excluding hydrogens is 374 g/mol. The van der Waals surface area contributed by atoms with Crippen molar-refractivity contribution in [3.05, 3.63) is 40.9 Å². The van der Waals surface area contributed by atoms with Crippen LogP contribution < -0.4 is 11.1 Å². The third-order valence-corrected chi connectivity index (χ3v) is 4.86. The normalized spacial score (nSPS) is 16.8. The minimum Gasteiger partial charge on any atom is -0.390 e. The molecule has 0 bridgehead atoms. The number of aliphatic hydroxyl groups is 1. The van der Waals surface area contributed by atoms with Crippen LogP contribution in [-0.4, -0.2) is 82.0 Å². The minimum atomic E-state index is -0.731. The molecule has 1 amide bonds. The molecule has 1 aliphatic heterocycles. The number of amides is 1. The summed E-state index contributed by atoms with van der Waals surface area (Å²) < 4.78 is 6.18. The highest BCUT2D eigenvalue weighted by Gasteiger charge is 2.22. The van der Waals surface area contributed by atoms with Crippen LogP contribution in [0.15, 0.2) is 39.6 Å². The number of hydrogen-bond donors (Lipinski definition) is 2. The number of nitrogens with zero attached hydrogens (tertiary/aromatic N) is 4. The molecule has 0 spiro atoms. The van der Waals surface area contributed by atoms with Crippen molar-refractivity contribution in [2.45, 2.75) is 32.5 Å². The zero-order valence-electron chi connectivity index (χ0n) is 17.0. The van der Waals surface area contributed by atoms with Crippen molar-refractivity contribution in [1.29, 1.82) is 0 Å². The number of carbonyl (C=O) groups is 1. The van der Waals surface area contributed by atoms with Crippen molar-refractivity contribution >= 4 is 5.91 Å². The van der Waals surface area contributed by atoms with Crippen molar-refractivity contribution in [2.24, 2.45) is 0 Å². The van der Waals surface area contributed by atoms with Crippen molar-refractivity contribution in [1.82, 2.24) is 24.8 Å². The number of hydrogen-bond acceptors (Lipinski definition) is 7. The molecule has 29 heavy (non-hydrogen) atoms. The van der Waals surface area contributed by atoms with E-state index in [2.05, 4.69) is 20.3 Å². The van der Waals surface area contributed by atoms with E-state index in [1.807, 2.05) is 44.2 Å². The number of rotatable bonds is 8. The molecule has 1 aromatic carbocycles. The summed E-state index contributed by atoms with van der Waals surface area (Å²) in [7, 11) is 0. The molecule has 158 valence electrons. The Labute approximate surface area is 169 Å². The molecule has 1 aliphatic rings. The molecule has 2 N–H and O–H groups in total. The van der Waals surface area contributed by atoms with Crippen LogP contribution in [-0.2, 0) is 11.3 Å². The van der Waals surface area contributed by atoms with Crippen LogP contribution in [0.2, 0.25) is 0 Å². The van der Waals surface area contributed by atoms with Gasteiger partial charge in [0.2, 0.25) is 5.91 Å². The molecule has 0 radical (unpaired) electrons. The first kappa shape index (κ1) is 21.2. The van der Waals surface area contributed by atoms with Gasteiger partial charge in [0, 0.05) is 44.3 Å². The van der Waals surface area contributed by atoms with Crippen molar-refractivity contribution in [3.8, 4) is 11.4 Å². The Morgan fingerprint density at radius 1 is 1.14 bits per heavy atom. The highest BCUT2D eigenvalue weighted by atomic mass is 16.5. The van der Waals surface area contributed by atoms with E-state index in [0.717, 1.165) is 31.7 Å². The van der Waals surface area contributed by atoms with Gasteiger partial charge in [-0.15, -0.1) is 0 Å². The summed E-state index contributed by atoms with van der Waals surface area (Å²) in [5.74, 6) is -0.131. The van der Waals surface area contributed by atoms with Crippen LogP contribution in [0.3, 0.4) is 0 Å². The van der Waals surface area contributed by atoms with E-state index in [-0.39, 0.29) is 18.5 Å². The average molecular weight is 403 g/mol. The second-order valence-corrected chi connectivity index (χ2v) is 7.70. The van der Waals surface area contributed by atoms with E-state index in [1.54, 1.807) is 0 Å². The van der Waals surface area contributed by atoms with E-state index in [4.69, 9.17) is 4.52 Å². The molecule has 1 atom stereocenters. The van der Waals surface area contributed by atoms with Gasteiger partial charge in [-0.2, -0.15) is 0 Å². The molecule has 0 aliphatic carbocycles. The summed E-state index contributed by atoms with van der Waals surface area (Å²) in [5.41, 5.74) is 0.763. The maximum Gasteiger partial charge on any atom is 0.441 e.